The van der Waals surface area contributed by atoms with Crippen LogP contribution >= 0.6 is 0 Å². The highest BCUT2D eigenvalue weighted by Crippen LogP contribution is 2.32. The molecule has 2 aromatic heterocycles. The molecule has 112 valence electrons. The van der Waals surface area contributed by atoms with Gasteiger partial charge in [-0.15, -0.1) is 0 Å². The molecule has 0 aliphatic carbocycles. The van der Waals surface area contributed by atoms with Gasteiger partial charge in [0.25, 0.3) is 0 Å². The summed E-state index contributed by atoms with van der Waals surface area (Å²) >= 11 is 0. The van der Waals surface area contributed by atoms with Gasteiger partial charge < -0.3 is 4.57 Å². The fraction of sp³-hybridized carbons (Fsp3) is 0.462. The van der Waals surface area contributed by atoms with Crippen LogP contribution in [0, 0.1) is 0 Å². The summed E-state index contributed by atoms with van der Waals surface area (Å²) in [6.45, 7) is 0.548. The van der Waals surface area contributed by atoms with Crippen molar-refractivity contribution in [2.24, 2.45) is 7.05 Å². The first-order valence-corrected chi connectivity index (χ1v) is 8.58. The van der Waals surface area contributed by atoms with Crippen molar-refractivity contribution in [1.82, 2.24) is 23.8 Å². The van der Waals surface area contributed by atoms with Crippen molar-refractivity contribution in [2.75, 3.05) is 12.8 Å². The predicted molar refractivity (Wildman–Crippen MR) is 77.8 cm³/mol. The number of aromatic nitrogens is 4. The molecule has 1 aliphatic heterocycles. The van der Waals surface area contributed by atoms with E-state index in [1.165, 1.54) is 10.6 Å². The van der Waals surface area contributed by atoms with Crippen LogP contribution in [0.25, 0.3) is 11.5 Å². The Labute approximate surface area is 123 Å². The Kier molecular flexibility index (Phi) is 3.50. The van der Waals surface area contributed by atoms with Crippen LogP contribution in [0.1, 0.15) is 24.6 Å². The Bertz CT molecular complexity index is 738. The third-order valence-corrected chi connectivity index (χ3v) is 4.98. The van der Waals surface area contributed by atoms with E-state index in [-0.39, 0.29) is 6.04 Å². The Hall–Kier alpha value is -1.80. The average Bonchev–Trinajstić information content (AvgIpc) is 3.06. The molecule has 0 radical (unpaired) electrons. The number of imidazole rings is 1. The van der Waals surface area contributed by atoms with Gasteiger partial charge >= 0.3 is 0 Å². The minimum Gasteiger partial charge on any atom is -0.333 e. The zero-order chi connectivity index (χ0) is 15.0. The van der Waals surface area contributed by atoms with E-state index in [2.05, 4.69) is 15.0 Å². The van der Waals surface area contributed by atoms with Gasteiger partial charge in [0.1, 0.15) is 5.69 Å². The fourth-order valence-corrected chi connectivity index (χ4v) is 3.81. The maximum atomic E-state index is 11.8. The van der Waals surface area contributed by atoms with Gasteiger partial charge in [0, 0.05) is 26.0 Å². The third-order valence-electron chi connectivity index (χ3n) is 3.69. The average molecular weight is 307 g/mol. The van der Waals surface area contributed by atoms with Gasteiger partial charge in [0.2, 0.25) is 10.0 Å². The normalized spacial score (nSPS) is 20.0. The molecule has 0 spiro atoms. The summed E-state index contributed by atoms with van der Waals surface area (Å²) in [5, 5.41) is 0. The van der Waals surface area contributed by atoms with Crippen molar-refractivity contribution in [3.8, 4) is 11.5 Å². The fourth-order valence-electron chi connectivity index (χ4n) is 2.67. The lowest BCUT2D eigenvalue weighted by Crippen LogP contribution is -2.30. The number of rotatable bonds is 3. The first kappa shape index (κ1) is 14.2. The molecule has 0 saturated carbocycles. The lowest BCUT2D eigenvalue weighted by Gasteiger charge is -2.21. The molecule has 1 fully saturated rings. The van der Waals surface area contributed by atoms with Crippen LogP contribution in [0.3, 0.4) is 0 Å². The molecule has 0 bridgehead atoms. The molecule has 0 aromatic carbocycles. The number of sulfonamides is 1. The predicted octanol–water partition coefficient (Wildman–Crippen LogP) is 0.974. The molecule has 0 amide bonds. The van der Waals surface area contributed by atoms with Crippen LogP contribution < -0.4 is 0 Å². The van der Waals surface area contributed by atoms with Crippen LogP contribution in [-0.4, -0.2) is 45.0 Å². The smallest absolute Gasteiger partial charge is 0.211 e. The molecule has 21 heavy (non-hydrogen) atoms. The van der Waals surface area contributed by atoms with Crippen molar-refractivity contribution >= 4 is 10.0 Å². The first-order chi connectivity index (χ1) is 9.97. The topological polar surface area (TPSA) is 81.0 Å². The van der Waals surface area contributed by atoms with E-state index in [0.717, 1.165) is 18.7 Å². The molecule has 3 heterocycles. The zero-order valence-corrected chi connectivity index (χ0v) is 12.8. The minimum absolute atomic E-state index is 0.206. The molecule has 7 nitrogen and oxygen atoms in total. The molecular weight excluding hydrogens is 290 g/mol. The van der Waals surface area contributed by atoms with E-state index in [1.54, 1.807) is 18.6 Å². The molecule has 2 aromatic rings. The van der Waals surface area contributed by atoms with Crippen LogP contribution in [0.4, 0.5) is 0 Å². The monoisotopic (exact) mass is 307 g/mol. The molecule has 8 heteroatoms. The maximum Gasteiger partial charge on any atom is 0.211 e. The minimum atomic E-state index is -3.21. The van der Waals surface area contributed by atoms with Crippen molar-refractivity contribution in [2.45, 2.75) is 18.9 Å². The molecule has 1 unspecified atom stereocenters. The van der Waals surface area contributed by atoms with Gasteiger partial charge in [-0.2, -0.15) is 4.31 Å². The lowest BCUT2D eigenvalue weighted by atomic mass is 10.2. The summed E-state index contributed by atoms with van der Waals surface area (Å²) in [6, 6.07) is -0.206. The summed E-state index contributed by atoms with van der Waals surface area (Å²) < 4.78 is 26.9. The highest BCUT2D eigenvalue weighted by molar-refractivity contribution is 7.88. The van der Waals surface area contributed by atoms with Crippen LogP contribution in [0.15, 0.2) is 24.8 Å². The second-order valence-electron chi connectivity index (χ2n) is 5.22. The highest BCUT2D eigenvalue weighted by atomic mass is 32.2. The standard InChI is InChI=1S/C13H17N5O2S/c1-17-7-5-14-13(17)11-9-15-10(8-16-11)12-4-3-6-18(12)21(2,19)20/h5,7-9,12H,3-4,6H2,1-2H3. The Morgan fingerprint density at radius 1 is 1.24 bits per heavy atom. The Morgan fingerprint density at radius 2 is 2.05 bits per heavy atom. The van der Waals surface area contributed by atoms with Crippen molar-refractivity contribution in [3.05, 3.63) is 30.5 Å². The SMILES string of the molecule is Cn1ccnc1-c1cnc(C2CCCN2S(C)(=O)=O)cn1. The van der Waals surface area contributed by atoms with Crippen LogP contribution in [-0.2, 0) is 17.1 Å². The van der Waals surface area contributed by atoms with Crippen molar-refractivity contribution < 1.29 is 8.42 Å². The first-order valence-electron chi connectivity index (χ1n) is 6.73. The highest BCUT2D eigenvalue weighted by Gasteiger charge is 2.33. The summed E-state index contributed by atoms with van der Waals surface area (Å²) in [4.78, 5) is 13.0. The lowest BCUT2D eigenvalue weighted by molar-refractivity contribution is 0.393. The van der Waals surface area contributed by atoms with E-state index in [9.17, 15) is 8.42 Å². The molecule has 1 atom stereocenters. The van der Waals surface area contributed by atoms with Gasteiger partial charge in [-0.3, -0.25) is 4.98 Å². The molecular formula is C13H17N5O2S. The van der Waals surface area contributed by atoms with E-state index in [1.807, 2.05) is 17.8 Å². The van der Waals surface area contributed by atoms with Crippen LogP contribution in [0.2, 0.25) is 0 Å². The van der Waals surface area contributed by atoms with Gasteiger partial charge in [0.15, 0.2) is 5.82 Å². The largest absolute Gasteiger partial charge is 0.333 e. The number of hydrogen-bond donors (Lipinski definition) is 0. The van der Waals surface area contributed by atoms with E-state index < -0.39 is 10.0 Å². The molecule has 1 saturated heterocycles. The van der Waals surface area contributed by atoms with Gasteiger partial charge in [0.05, 0.1) is 30.4 Å². The van der Waals surface area contributed by atoms with Gasteiger partial charge in [-0.25, -0.2) is 18.4 Å². The summed E-state index contributed by atoms with van der Waals surface area (Å²) in [6.07, 6.45) is 9.71. The zero-order valence-electron chi connectivity index (χ0n) is 12.0. The van der Waals surface area contributed by atoms with Gasteiger partial charge in [-0.1, -0.05) is 0 Å². The molecule has 3 rings (SSSR count). The summed E-state index contributed by atoms with van der Waals surface area (Å²) in [7, 11) is -1.32. The van der Waals surface area contributed by atoms with Crippen LogP contribution in [0.5, 0.6) is 0 Å². The molecule has 1 aliphatic rings. The molecule has 0 N–H and O–H groups in total. The van der Waals surface area contributed by atoms with Crippen molar-refractivity contribution in [1.29, 1.82) is 0 Å². The number of hydrogen-bond acceptors (Lipinski definition) is 5. The van der Waals surface area contributed by atoms with Crippen molar-refractivity contribution in [3.63, 3.8) is 0 Å². The van der Waals surface area contributed by atoms with E-state index >= 15 is 0 Å². The summed E-state index contributed by atoms with van der Waals surface area (Å²) in [5.74, 6) is 0.737. The number of nitrogens with zero attached hydrogens (tertiary/aromatic N) is 5. The van der Waals surface area contributed by atoms with Gasteiger partial charge in [-0.05, 0) is 12.8 Å². The third kappa shape index (κ3) is 2.68. The summed E-state index contributed by atoms with van der Waals surface area (Å²) in [5.41, 5.74) is 1.37. The Balaban J connectivity index is 1.89. The number of aryl methyl sites for hydroxylation is 1. The second kappa shape index (κ2) is 5.19. The van der Waals surface area contributed by atoms with E-state index in [0.29, 0.717) is 17.9 Å². The van der Waals surface area contributed by atoms with E-state index in [4.69, 9.17) is 0 Å². The second-order valence-corrected chi connectivity index (χ2v) is 7.16. The Morgan fingerprint density at radius 3 is 2.62 bits per heavy atom. The maximum absolute atomic E-state index is 11.8. The quantitative estimate of drug-likeness (QED) is 0.844.